The van der Waals surface area contributed by atoms with Crippen LogP contribution >= 0.6 is 11.6 Å². The number of aromatic nitrogens is 3. The molecule has 0 radical (unpaired) electrons. The first-order valence-corrected chi connectivity index (χ1v) is 18.3. The summed E-state index contributed by atoms with van der Waals surface area (Å²) in [5.74, 6) is 1.14. The molecule has 0 aliphatic carbocycles. The summed E-state index contributed by atoms with van der Waals surface area (Å²) in [6, 6.07) is 8.47. The van der Waals surface area contributed by atoms with Crippen LogP contribution in [0.2, 0.25) is 5.02 Å². The molecule has 3 N–H and O–H groups in total. The lowest BCUT2D eigenvalue weighted by atomic mass is 9.85. The Morgan fingerprint density at radius 1 is 1.00 bits per heavy atom. The monoisotopic (exact) mass is 717 g/mol. The zero-order chi connectivity index (χ0) is 35.6. The third kappa shape index (κ3) is 7.62. The minimum absolute atomic E-state index is 0.131. The van der Waals surface area contributed by atoms with Gasteiger partial charge in [-0.3, -0.25) is 29.7 Å². The van der Waals surface area contributed by atoms with E-state index in [4.69, 9.17) is 16.3 Å². The molecule has 2 aromatic heterocycles. The first kappa shape index (κ1) is 35.0. The highest BCUT2D eigenvalue weighted by molar-refractivity contribution is 6.32. The molecule has 0 spiro atoms. The molecule has 5 heterocycles. The highest BCUT2D eigenvalue weighted by Gasteiger charge is 2.28. The molecule has 2 amide bonds. The Morgan fingerprint density at radius 3 is 2.41 bits per heavy atom. The van der Waals surface area contributed by atoms with Gasteiger partial charge in [0.15, 0.2) is 0 Å². The molecule has 3 aliphatic heterocycles. The predicted molar refractivity (Wildman–Crippen MR) is 197 cm³/mol. The van der Waals surface area contributed by atoms with E-state index in [1.807, 2.05) is 24.4 Å². The van der Waals surface area contributed by atoms with Crippen LogP contribution in [0.15, 0.2) is 47.5 Å². The van der Waals surface area contributed by atoms with E-state index in [9.17, 15) is 14.4 Å². The molecular weight excluding hydrogens is 673 g/mol. The number of carbonyl (C=O) groups is 2. The number of hydrogen-bond acceptors (Lipinski definition) is 8. The van der Waals surface area contributed by atoms with Crippen LogP contribution in [-0.4, -0.2) is 70.8 Å². The summed E-state index contributed by atoms with van der Waals surface area (Å²) in [6.45, 7) is 4.39. The highest BCUT2D eigenvalue weighted by Crippen LogP contribution is 2.37. The van der Waals surface area contributed by atoms with Gasteiger partial charge in [-0.05, 0) is 92.9 Å². The molecule has 1 atom stereocenters. The number of likely N-dealkylation sites (tertiary alicyclic amines) is 1. The van der Waals surface area contributed by atoms with Crippen LogP contribution in [0.1, 0.15) is 56.9 Å². The summed E-state index contributed by atoms with van der Waals surface area (Å²) in [5, 5.41) is 13.7. The van der Waals surface area contributed by atoms with E-state index in [1.54, 1.807) is 31.0 Å². The average Bonchev–Trinajstić information content (AvgIpc) is 3.62. The van der Waals surface area contributed by atoms with Gasteiger partial charge in [0.1, 0.15) is 23.1 Å². The van der Waals surface area contributed by atoms with E-state index in [1.165, 1.54) is 18.9 Å². The maximum Gasteiger partial charge on any atom is 0.276 e. The van der Waals surface area contributed by atoms with Gasteiger partial charge in [0.2, 0.25) is 11.8 Å². The molecule has 3 fully saturated rings. The first-order valence-electron chi connectivity index (χ1n) is 17.9. The van der Waals surface area contributed by atoms with Crippen LogP contribution in [0.4, 0.5) is 15.8 Å². The standard InChI is InChI=1S/C38H45ClFN7O4/c1-45-21-28(27-20-41-44-36(27)38(45)50)25-17-30(39)29(34(18-25)51-2)22-46-13-9-23(10-14-46)3-4-24-11-15-47(16-12-24)33-7-5-26(19-31(33)40)42-32-6-8-35(48)43-37(32)49/h5,7,17-21,23-24,32,42H,3-4,6,8-16,22H2,1-2H3,(H,41,44)(H,43,48,49). The normalized spacial score (nSPS) is 19.5. The van der Waals surface area contributed by atoms with Gasteiger partial charge in [0.25, 0.3) is 5.56 Å². The number of H-pyrrole nitrogens is 1. The van der Waals surface area contributed by atoms with Gasteiger partial charge in [-0.15, -0.1) is 0 Å². The van der Waals surface area contributed by atoms with Crippen molar-refractivity contribution >= 4 is 45.7 Å². The Kier molecular flexibility index (Phi) is 10.3. The molecular formula is C38H45ClFN7O4. The number of methoxy groups -OCH3 is 1. The van der Waals surface area contributed by atoms with E-state index in [2.05, 4.69) is 30.6 Å². The Bertz CT molecular complexity index is 1980. The smallest absolute Gasteiger partial charge is 0.276 e. The van der Waals surface area contributed by atoms with Crippen molar-refractivity contribution in [3.05, 3.63) is 69.5 Å². The maximum absolute atomic E-state index is 15.2. The predicted octanol–water partition coefficient (Wildman–Crippen LogP) is 5.86. The minimum atomic E-state index is -0.536. The number of benzene rings is 2. The van der Waals surface area contributed by atoms with Crippen molar-refractivity contribution in [3.8, 4) is 16.9 Å². The number of fused-ring (bicyclic) bond motifs is 1. The Morgan fingerprint density at radius 2 is 1.73 bits per heavy atom. The lowest BCUT2D eigenvalue weighted by Gasteiger charge is -2.36. The number of piperidine rings is 3. The van der Waals surface area contributed by atoms with Crippen molar-refractivity contribution in [3.63, 3.8) is 0 Å². The van der Waals surface area contributed by atoms with Gasteiger partial charge in [-0.25, -0.2) is 4.39 Å². The van der Waals surface area contributed by atoms with Crippen LogP contribution in [-0.2, 0) is 23.2 Å². The second-order valence-corrected chi connectivity index (χ2v) is 14.7. The van der Waals surface area contributed by atoms with Crippen LogP contribution in [0.5, 0.6) is 5.75 Å². The quantitative estimate of drug-likeness (QED) is 0.175. The van der Waals surface area contributed by atoms with Crippen LogP contribution in [0, 0.1) is 17.7 Å². The number of hydrogen-bond donors (Lipinski definition) is 3. The van der Waals surface area contributed by atoms with Crippen LogP contribution in [0.25, 0.3) is 22.0 Å². The summed E-state index contributed by atoms with van der Waals surface area (Å²) in [7, 11) is 3.39. The van der Waals surface area contributed by atoms with Gasteiger partial charge in [-0.1, -0.05) is 24.4 Å². The van der Waals surface area contributed by atoms with E-state index >= 15 is 4.39 Å². The number of ether oxygens (including phenoxy) is 1. The van der Waals surface area contributed by atoms with Crippen molar-refractivity contribution in [2.45, 2.75) is 64.0 Å². The fraction of sp³-hybridized carbons (Fsp3) is 0.474. The molecule has 0 saturated carbocycles. The average molecular weight is 718 g/mol. The molecule has 1 unspecified atom stereocenters. The number of carbonyl (C=O) groups excluding carboxylic acids is 2. The SMILES string of the molecule is COc1cc(-c2cn(C)c(=O)c3[nH]ncc23)cc(Cl)c1CN1CCC(CCC2CCN(c3ccc(NC4CCC(=O)NC4=O)cc3F)CC2)CC1. The second kappa shape index (κ2) is 15.1. The number of amides is 2. The van der Waals surface area contributed by atoms with Crippen LogP contribution < -0.4 is 25.8 Å². The van der Waals surface area contributed by atoms with Gasteiger partial charge in [-0.2, -0.15) is 5.10 Å². The van der Waals surface area contributed by atoms with Gasteiger partial charge >= 0.3 is 0 Å². The summed E-state index contributed by atoms with van der Waals surface area (Å²) >= 11 is 6.90. The zero-order valence-corrected chi connectivity index (χ0v) is 29.9. The molecule has 2 aromatic carbocycles. The third-order valence-corrected chi connectivity index (χ3v) is 11.4. The van der Waals surface area contributed by atoms with Gasteiger partial charge < -0.3 is 19.5 Å². The summed E-state index contributed by atoms with van der Waals surface area (Å²) in [4.78, 5) is 40.6. The number of anilines is 2. The topological polar surface area (TPSA) is 125 Å². The molecule has 270 valence electrons. The van der Waals surface area contributed by atoms with Gasteiger partial charge in [0.05, 0.1) is 19.0 Å². The fourth-order valence-electron chi connectivity index (χ4n) is 7.96. The number of aryl methyl sites for hydroxylation is 1. The lowest BCUT2D eigenvalue weighted by Crippen LogP contribution is -2.47. The molecule has 4 aromatic rings. The van der Waals surface area contributed by atoms with Crippen LogP contribution in [0.3, 0.4) is 0 Å². The van der Waals surface area contributed by atoms with E-state index in [-0.39, 0.29) is 29.6 Å². The van der Waals surface area contributed by atoms with Crippen molar-refractivity contribution in [1.82, 2.24) is 25.0 Å². The number of halogens is 2. The number of pyridine rings is 1. The number of rotatable bonds is 10. The van der Waals surface area contributed by atoms with E-state index in [0.29, 0.717) is 46.7 Å². The number of nitrogens with zero attached hydrogens (tertiary/aromatic N) is 4. The Hall–Kier alpha value is -4.42. The summed E-state index contributed by atoms with van der Waals surface area (Å²) in [6.07, 6.45) is 11.0. The van der Waals surface area contributed by atoms with Crippen molar-refractivity contribution < 1.29 is 18.7 Å². The van der Waals surface area contributed by atoms with Gasteiger partial charge in [0, 0.05) is 66.5 Å². The Labute approximate surface area is 301 Å². The minimum Gasteiger partial charge on any atom is -0.496 e. The summed E-state index contributed by atoms with van der Waals surface area (Å²) in [5.41, 5.74) is 4.18. The van der Waals surface area contributed by atoms with Crippen molar-refractivity contribution in [2.24, 2.45) is 18.9 Å². The first-order chi connectivity index (χ1) is 24.7. The fourth-order valence-corrected chi connectivity index (χ4v) is 8.23. The molecule has 3 aliphatic rings. The van der Waals surface area contributed by atoms with E-state index in [0.717, 1.165) is 79.7 Å². The molecule has 13 heteroatoms. The Balaban J connectivity index is 0.876. The molecule has 11 nitrogen and oxygen atoms in total. The molecule has 0 bridgehead atoms. The molecule has 7 rings (SSSR count). The largest absolute Gasteiger partial charge is 0.496 e. The van der Waals surface area contributed by atoms with Crippen molar-refractivity contribution in [2.75, 3.05) is 43.5 Å². The number of nitrogens with one attached hydrogen (secondary N) is 3. The number of imide groups is 1. The second-order valence-electron chi connectivity index (χ2n) is 14.3. The van der Waals surface area contributed by atoms with E-state index < -0.39 is 6.04 Å². The maximum atomic E-state index is 15.2. The lowest BCUT2D eigenvalue weighted by molar-refractivity contribution is -0.133. The molecule has 3 saturated heterocycles. The van der Waals surface area contributed by atoms with Crippen molar-refractivity contribution in [1.29, 1.82) is 0 Å². The zero-order valence-electron chi connectivity index (χ0n) is 29.1. The summed E-state index contributed by atoms with van der Waals surface area (Å²) < 4.78 is 22.5. The molecule has 51 heavy (non-hydrogen) atoms. The third-order valence-electron chi connectivity index (χ3n) is 11.0. The number of aromatic amines is 1. The highest BCUT2D eigenvalue weighted by atomic mass is 35.5.